The van der Waals surface area contributed by atoms with Crippen LogP contribution in [0, 0.1) is 0 Å². The van der Waals surface area contributed by atoms with Crippen LogP contribution in [0.3, 0.4) is 0 Å². The third-order valence-corrected chi connectivity index (χ3v) is 4.80. The molecule has 0 spiro atoms. The smallest absolute Gasteiger partial charge is 0.261 e. The Kier molecular flexibility index (Phi) is 5.35. The zero-order chi connectivity index (χ0) is 17.8. The minimum absolute atomic E-state index is 0.299. The van der Waals surface area contributed by atoms with Crippen molar-refractivity contribution in [2.75, 3.05) is 19.5 Å². The van der Waals surface area contributed by atoms with Crippen LogP contribution in [0.4, 0.5) is 5.13 Å². The van der Waals surface area contributed by atoms with E-state index in [2.05, 4.69) is 26.2 Å². The lowest BCUT2D eigenvalue weighted by Crippen LogP contribution is -2.13. The molecule has 5 nitrogen and oxygen atoms in total. The monoisotopic (exact) mass is 418 g/mol. The number of halogens is 1. The molecule has 1 N–H and O–H groups in total. The minimum atomic E-state index is -0.299. The maximum absolute atomic E-state index is 12.6. The predicted molar refractivity (Wildman–Crippen MR) is 103 cm³/mol. The lowest BCUT2D eigenvalue weighted by atomic mass is 10.1. The molecule has 0 aliphatic rings. The van der Waals surface area contributed by atoms with E-state index in [1.165, 1.54) is 18.4 Å². The average molecular weight is 419 g/mol. The van der Waals surface area contributed by atoms with Gasteiger partial charge >= 0.3 is 0 Å². The molecule has 0 aliphatic carbocycles. The number of hydrogen-bond donors (Lipinski definition) is 1. The van der Waals surface area contributed by atoms with E-state index < -0.39 is 0 Å². The maximum atomic E-state index is 12.6. The van der Waals surface area contributed by atoms with E-state index in [0.717, 1.165) is 15.7 Å². The molecule has 0 bridgehead atoms. The lowest BCUT2D eigenvalue weighted by Gasteiger charge is -2.09. The van der Waals surface area contributed by atoms with Gasteiger partial charge in [0.05, 0.1) is 25.5 Å². The van der Waals surface area contributed by atoms with Crippen molar-refractivity contribution in [1.29, 1.82) is 0 Å². The summed E-state index contributed by atoms with van der Waals surface area (Å²) in [5.74, 6) is 0.760. The van der Waals surface area contributed by atoms with Crippen LogP contribution in [0.15, 0.2) is 52.3 Å². The van der Waals surface area contributed by atoms with Crippen molar-refractivity contribution in [3.05, 3.63) is 57.9 Å². The summed E-state index contributed by atoms with van der Waals surface area (Å²) in [7, 11) is 3.07. The van der Waals surface area contributed by atoms with Crippen LogP contribution in [-0.2, 0) is 0 Å². The third kappa shape index (κ3) is 4.00. The molecule has 0 saturated heterocycles. The molecule has 1 amide bonds. The van der Waals surface area contributed by atoms with Crippen molar-refractivity contribution in [2.24, 2.45) is 0 Å². The van der Waals surface area contributed by atoms with E-state index in [-0.39, 0.29) is 5.91 Å². The SMILES string of the molecule is COc1ccc(OC)c(C(=O)Nc2nc(-c3ccc(Br)cc3)cs2)c1. The summed E-state index contributed by atoms with van der Waals surface area (Å²) in [4.78, 5) is 17.0. The average Bonchev–Trinajstić information content (AvgIpc) is 3.10. The number of hydrogen-bond acceptors (Lipinski definition) is 5. The van der Waals surface area contributed by atoms with Gasteiger partial charge in [0.1, 0.15) is 11.5 Å². The summed E-state index contributed by atoms with van der Waals surface area (Å²) in [6.07, 6.45) is 0. The number of nitrogens with one attached hydrogen (secondary N) is 1. The molecule has 25 heavy (non-hydrogen) atoms. The number of carbonyl (C=O) groups is 1. The number of methoxy groups -OCH3 is 2. The summed E-state index contributed by atoms with van der Waals surface area (Å²) in [6.45, 7) is 0. The highest BCUT2D eigenvalue weighted by atomic mass is 79.9. The first-order chi connectivity index (χ1) is 12.1. The summed E-state index contributed by atoms with van der Waals surface area (Å²) in [6, 6.07) is 12.9. The van der Waals surface area contributed by atoms with Gasteiger partial charge in [-0.1, -0.05) is 28.1 Å². The fourth-order valence-electron chi connectivity index (χ4n) is 2.24. The summed E-state index contributed by atoms with van der Waals surface area (Å²) in [5.41, 5.74) is 2.19. The molecular weight excluding hydrogens is 404 g/mol. The summed E-state index contributed by atoms with van der Waals surface area (Å²) < 4.78 is 11.4. The molecule has 3 aromatic rings. The van der Waals surface area contributed by atoms with Crippen LogP contribution in [-0.4, -0.2) is 25.1 Å². The molecule has 0 atom stereocenters. The van der Waals surface area contributed by atoms with Crippen LogP contribution in [0.2, 0.25) is 0 Å². The number of carbonyl (C=O) groups excluding carboxylic acids is 1. The molecule has 0 radical (unpaired) electrons. The van der Waals surface area contributed by atoms with Crippen molar-refractivity contribution in [3.63, 3.8) is 0 Å². The number of nitrogens with zero attached hydrogens (tertiary/aromatic N) is 1. The van der Waals surface area contributed by atoms with Gasteiger partial charge in [-0.3, -0.25) is 10.1 Å². The number of ether oxygens (including phenoxy) is 2. The third-order valence-electron chi connectivity index (χ3n) is 3.52. The van der Waals surface area contributed by atoms with Gasteiger partial charge in [0, 0.05) is 15.4 Å². The number of anilines is 1. The first-order valence-corrected chi connectivity index (χ1v) is 9.03. The summed E-state index contributed by atoms with van der Waals surface area (Å²) >= 11 is 4.78. The fourth-order valence-corrected chi connectivity index (χ4v) is 3.22. The highest BCUT2D eigenvalue weighted by Crippen LogP contribution is 2.28. The molecule has 3 rings (SSSR count). The van der Waals surface area contributed by atoms with Gasteiger partial charge < -0.3 is 9.47 Å². The molecule has 0 unspecified atom stereocenters. The van der Waals surface area contributed by atoms with E-state index in [0.29, 0.717) is 22.2 Å². The Morgan fingerprint density at radius 3 is 2.56 bits per heavy atom. The van der Waals surface area contributed by atoms with Gasteiger partial charge in [0.15, 0.2) is 5.13 Å². The Balaban J connectivity index is 1.81. The Morgan fingerprint density at radius 1 is 1.12 bits per heavy atom. The molecule has 0 aliphatic heterocycles. The van der Waals surface area contributed by atoms with Crippen LogP contribution in [0.1, 0.15) is 10.4 Å². The Hall–Kier alpha value is -2.38. The highest BCUT2D eigenvalue weighted by molar-refractivity contribution is 9.10. The van der Waals surface area contributed by atoms with E-state index >= 15 is 0 Å². The molecule has 0 saturated carbocycles. The second kappa shape index (κ2) is 7.67. The molecule has 1 aromatic heterocycles. The van der Waals surface area contributed by atoms with Gasteiger partial charge in [-0.05, 0) is 30.3 Å². The van der Waals surface area contributed by atoms with E-state index in [9.17, 15) is 4.79 Å². The van der Waals surface area contributed by atoms with Gasteiger partial charge in [0.2, 0.25) is 0 Å². The van der Waals surface area contributed by atoms with Crippen LogP contribution in [0.25, 0.3) is 11.3 Å². The second-order valence-corrected chi connectivity index (χ2v) is 6.84. The van der Waals surface area contributed by atoms with Crippen molar-refractivity contribution in [2.45, 2.75) is 0 Å². The van der Waals surface area contributed by atoms with E-state index in [1.807, 2.05) is 29.6 Å². The Morgan fingerprint density at radius 2 is 1.88 bits per heavy atom. The van der Waals surface area contributed by atoms with Gasteiger partial charge in [-0.2, -0.15) is 0 Å². The number of benzene rings is 2. The number of aromatic nitrogens is 1. The van der Waals surface area contributed by atoms with E-state index in [4.69, 9.17) is 9.47 Å². The van der Waals surface area contributed by atoms with E-state index in [1.54, 1.807) is 25.3 Å². The maximum Gasteiger partial charge on any atom is 0.261 e. The molecule has 7 heteroatoms. The topological polar surface area (TPSA) is 60.5 Å². The first-order valence-electron chi connectivity index (χ1n) is 7.35. The van der Waals surface area contributed by atoms with Crippen molar-refractivity contribution in [3.8, 4) is 22.8 Å². The van der Waals surface area contributed by atoms with Gasteiger partial charge in [-0.15, -0.1) is 11.3 Å². The molecule has 128 valence electrons. The lowest BCUT2D eigenvalue weighted by molar-refractivity contribution is 0.102. The molecule has 0 fully saturated rings. The summed E-state index contributed by atoms with van der Waals surface area (Å²) in [5, 5.41) is 5.23. The highest BCUT2D eigenvalue weighted by Gasteiger charge is 2.15. The molecule has 2 aromatic carbocycles. The minimum Gasteiger partial charge on any atom is -0.497 e. The normalized spacial score (nSPS) is 10.4. The van der Waals surface area contributed by atoms with Gasteiger partial charge in [0.25, 0.3) is 5.91 Å². The number of rotatable bonds is 5. The largest absolute Gasteiger partial charge is 0.497 e. The van der Waals surface area contributed by atoms with Crippen LogP contribution >= 0.6 is 27.3 Å². The second-order valence-electron chi connectivity index (χ2n) is 5.07. The fraction of sp³-hybridized carbons (Fsp3) is 0.111. The number of thiazole rings is 1. The molecule has 1 heterocycles. The Labute approximate surface area is 157 Å². The molecular formula is C18H15BrN2O3S. The first kappa shape index (κ1) is 17.4. The number of amides is 1. The van der Waals surface area contributed by atoms with Gasteiger partial charge in [-0.25, -0.2) is 4.98 Å². The zero-order valence-electron chi connectivity index (χ0n) is 13.6. The standard InChI is InChI=1S/C18H15BrN2O3S/c1-23-13-7-8-16(24-2)14(9-13)17(22)21-18-20-15(10-25-18)11-3-5-12(19)6-4-11/h3-10H,1-2H3,(H,20,21,22). The van der Waals surface area contributed by atoms with Crippen molar-refractivity contribution >= 4 is 38.3 Å². The van der Waals surface area contributed by atoms with Crippen LogP contribution < -0.4 is 14.8 Å². The Bertz CT molecular complexity index is 894. The quantitative estimate of drug-likeness (QED) is 0.643. The van der Waals surface area contributed by atoms with Crippen molar-refractivity contribution < 1.29 is 14.3 Å². The van der Waals surface area contributed by atoms with Crippen LogP contribution in [0.5, 0.6) is 11.5 Å². The zero-order valence-corrected chi connectivity index (χ0v) is 16.0. The predicted octanol–water partition coefficient (Wildman–Crippen LogP) is 4.84. The van der Waals surface area contributed by atoms with Crippen molar-refractivity contribution in [1.82, 2.24) is 4.98 Å².